The Kier molecular flexibility index (Phi) is 4.46. The second kappa shape index (κ2) is 6.24. The quantitative estimate of drug-likeness (QED) is 0.871. The van der Waals surface area contributed by atoms with E-state index in [1.54, 1.807) is 6.92 Å². The Morgan fingerprint density at radius 1 is 1.26 bits per heavy atom. The first-order valence-corrected chi connectivity index (χ1v) is 9.98. The van der Waals surface area contributed by atoms with Crippen LogP contribution in [0.1, 0.15) is 37.8 Å². The van der Waals surface area contributed by atoms with Crippen LogP contribution in [-0.4, -0.2) is 72.8 Å². The van der Waals surface area contributed by atoms with Gasteiger partial charge in [-0.05, 0) is 25.8 Å². The zero-order chi connectivity index (χ0) is 16.6. The Hall–Kier alpha value is -1.41. The number of likely N-dealkylation sites (tertiary alicyclic amines) is 2. The SMILES string of the molecule is CC(=O)N1CCC(N2CC[C@H](c3[nH]ncc3S(C)(=O)=O)C2)CC1. The number of sulfone groups is 1. The van der Waals surface area contributed by atoms with Crippen molar-refractivity contribution in [3.63, 3.8) is 0 Å². The number of nitrogens with one attached hydrogen (secondary N) is 1. The highest BCUT2D eigenvalue weighted by molar-refractivity contribution is 7.90. The van der Waals surface area contributed by atoms with Crippen LogP contribution in [0.25, 0.3) is 0 Å². The highest BCUT2D eigenvalue weighted by atomic mass is 32.2. The van der Waals surface area contributed by atoms with Gasteiger partial charge >= 0.3 is 0 Å². The van der Waals surface area contributed by atoms with Crippen LogP contribution in [0.15, 0.2) is 11.1 Å². The van der Waals surface area contributed by atoms with Gasteiger partial charge in [-0.25, -0.2) is 8.42 Å². The Morgan fingerprint density at radius 3 is 2.57 bits per heavy atom. The predicted octanol–water partition coefficient (Wildman–Crippen LogP) is 0.613. The third kappa shape index (κ3) is 3.42. The molecule has 3 heterocycles. The monoisotopic (exact) mass is 340 g/mol. The second-order valence-electron chi connectivity index (χ2n) is 6.64. The smallest absolute Gasteiger partial charge is 0.219 e. The maximum absolute atomic E-state index is 11.8. The summed E-state index contributed by atoms with van der Waals surface area (Å²) in [4.78, 5) is 16.1. The van der Waals surface area contributed by atoms with Crippen LogP contribution >= 0.6 is 0 Å². The number of amides is 1. The molecule has 0 radical (unpaired) electrons. The van der Waals surface area contributed by atoms with Crippen molar-refractivity contribution in [1.29, 1.82) is 0 Å². The highest BCUT2D eigenvalue weighted by Gasteiger charge is 2.34. The van der Waals surface area contributed by atoms with Gasteiger partial charge in [0.2, 0.25) is 5.91 Å². The summed E-state index contributed by atoms with van der Waals surface area (Å²) < 4.78 is 23.7. The lowest BCUT2D eigenvalue weighted by Crippen LogP contribution is -2.45. The number of hydrogen-bond donors (Lipinski definition) is 1. The van der Waals surface area contributed by atoms with Gasteiger partial charge in [0, 0.05) is 44.8 Å². The summed E-state index contributed by atoms with van der Waals surface area (Å²) in [6.45, 7) is 5.09. The zero-order valence-corrected chi connectivity index (χ0v) is 14.5. The fourth-order valence-corrected chi connectivity index (χ4v) is 4.63. The van der Waals surface area contributed by atoms with Crippen LogP contribution in [0.3, 0.4) is 0 Å². The molecular weight excluding hydrogens is 316 g/mol. The number of hydrogen-bond acceptors (Lipinski definition) is 5. The molecule has 128 valence electrons. The summed E-state index contributed by atoms with van der Waals surface area (Å²) in [5.74, 6) is 0.339. The molecule has 2 fully saturated rings. The third-order valence-corrected chi connectivity index (χ3v) is 6.21. The fraction of sp³-hybridized carbons (Fsp3) is 0.733. The molecule has 2 aliphatic heterocycles. The second-order valence-corrected chi connectivity index (χ2v) is 8.62. The minimum absolute atomic E-state index is 0.151. The standard InChI is InChI=1S/C15H24N4O3S/c1-11(20)18-7-4-13(5-8-18)19-6-3-12(10-19)15-14(9-16-17-15)23(2,21)22/h9,12-13H,3-8,10H2,1-2H3,(H,16,17)/t12-/m0/s1. The molecule has 23 heavy (non-hydrogen) atoms. The molecule has 0 aliphatic carbocycles. The van der Waals surface area contributed by atoms with Crippen LogP contribution in [0.2, 0.25) is 0 Å². The van der Waals surface area contributed by atoms with E-state index in [-0.39, 0.29) is 11.8 Å². The molecule has 1 amide bonds. The fourth-order valence-electron chi connectivity index (χ4n) is 3.77. The van der Waals surface area contributed by atoms with Gasteiger partial charge in [-0.2, -0.15) is 5.10 Å². The van der Waals surface area contributed by atoms with Gasteiger partial charge in [-0.15, -0.1) is 0 Å². The normalized spacial score (nSPS) is 24.3. The molecule has 8 heteroatoms. The van der Waals surface area contributed by atoms with Crippen molar-refractivity contribution in [1.82, 2.24) is 20.0 Å². The van der Waals surface area contributed by atoms with Gasteiger partial charge < -0.3 is 4.90 Å². The first-order chi connectivity index (χ1) is 10.9. The van der Waals surface area contributed by atoms with E-state index in [4.69, 9.17) is 0 Å². The molecule has 0 aromatic carbocycles. The van der Waals surface area contributed by atoms with Gasteiger partial charge in [-0.3, -0.25) is 14.8 Å². The molecule has 2 aliphatic rings. The molecule has 1 atom stereocenters. The van der Waals surface area contributed by atoms with E-state index in [1.165, 1.54) is 12.5 Å². The minimum Gasteiger partial charge on any atom is -0.343 e. The van der Waals surface area contributed by atoms with Crippen LogP contribution in [0.4, 0.5) is 0 Å². The highest BCUT2D eigenvalue weighted by Crippen LogP contribution is 2.32. The maximum atomic E-state index is 11.8. The van der Waals surface area contributed by atoms with Crippen molar-refractivity contribution >= 4 is 15.7 Å². The molecule has 1 N–H and O–H groups in total. The van der Waals surface area contributed by atoms with Crippen molar-refractivity contribution in [2.75, 3.05) is 32.4 Å². The van der Waals surface area contributed by atoms with Crippen molar-refractivity contribution < 1.29 is 13.2 Å². The molecule has 7 nitrogen and oxygen atoms in total. The summed E-state index contributed by atoms with van der Waals surface area (Å²) in [6, 6.07) is 0.486. The van der Waals surface area contributed by atoms with E-state index in [2.05, 4.69) is 15.1 Å². The summed E-state index contributed by atoms with van der Waals surface area (Å²) in [5.41, 5.74) is 0.746. The summed E-state index contributed by atoms with van der Waals surface area (Å²) in [6.07, 6.45) is 5.57. The van der Waals surface area contributed by atoms with Gasteiger partial charge in [0.25, 0.3) is 0 Å². The van der Waals surface area contributed by atoms with Gasteiger partial charge in [0.1, 0.15) is 4.90 Å². The van der Waals surface area contributed by atoms with E-state index >= 15 is 0 Å². The van der Waals surface area contributed by atoms with E-state index in [9.17, 15) is 13.2 Å². The maximum Gasteiger partial charge on any atom is 0.219 e. The van der Waals surface area contributed by atoms with Crippen LogP contribution in [-0.2, 0) is 14.6 Å². The molecular formula is C15H24N4O3S. The average Bonchev–Trinajstić information content (AvgIpc) is 3.15. The molecule has 2 saturated heterocycles. The van der Waals surface area contributed by atoms with Crippen molar-refractivity contribution in [2.24, 2.45) is 0 Å². The lowest BCUT2D eigenvalue weighted by Gasteiger charge is -2.36. The van der Waals surface area contributed by atoms with E-state index in [0.29, 0.717) is 10.9 Å². The number of aromatic nitrogens is 2. The van der Waals surface area contributed by atoms with E-state index in [1.807, 2.05) is 4.90 Å². The lowest BCUT2D eigenvalue weighted by atomic mass is 10.0. The molecule has 0 saturated carbocycles. The zero-order valence-electron chi connectivity index (χ0n) is 13.7. The van der Waals surface area contributed by atoms with Crippen LogP contribution in [0.5, 0.6) is 0 Å². The lowest BCUT2D eigenvalue weighted by molar-refractivity contribution is -0.130. The van der Waals surface area contributed by atoms with Gasteiger partial charge in [0.15, 0.2) is 9.84 Å². The Labute approximate surface area is 137 Å². The van der Waals surface area contributed by atoms with Crippen molar-refractivity contribution in [3.8, 4) is 0 Å². The number of piperidine rings is 1. The van der Waals surface area contributed by atoms with Gasteiger partial charge in [0.05, 0.1) is 11.9 Å². The number of carbonyl (C=O) groups excluding carboxylic acids is 1. The molecule has 3 rings (SSSR count). The molecule has 0 unspecified atom stereocenters. The van der Waals surface area contributed by atoms with E-state index in [0.717, 1.165) is 51.1 Å². The first kappa shape index (κ1) is 16.4. The number of nitrogens with zero attached hydrogens (tertiary/aromatic N) is 3. The Balaban J connectivity index is 1.64. The van der Waals surface area contributed by atoms with E-state index < -0.39 is 9.84 Å². The topological polar surface area (TPSA) is 86.4 Å². The summed E-state index contributed by atoms with van der Waals surface area (Å²) >= 11 is 0. The average molecular weight is 340 g/mol. The van der Waals surface area contributed by atoms with Crippen LogP contribution in [0, 0.1) is 0 Å². The largest absolute Gasteiger partial charge is 0.343 e. The molecule has 1 aromatic rings. The Morgan fingerprint density at radius 2 is 1.96 bits per heavy atom. The summed E-state index contributed by atoms with van der Waals surface area (Å²) in [5, 5.41) is 6.82. The molecule has 0 spiro atoms. The minimum atomic E-state index is -3.24. The number of aromatic amines is 1. The summed E-state index contributed by atoms with van der Waals surface area (Å²) in [7, 11) is -3.24. The first-order valence-electron chi connectivity index (χ1n) is 8.09. The predicted molar refractivity (Wildman–Crippen MR) is 85.9 cm³/mol. The Bertz CT molecular complexity index is 677. The van der Waals surface area contributed by atoms with Crippen LogP contribution < -0.4 is 0 Å². The van der Waals surface area contributed by atoms with Crippen molar-refractivity contribution in [2.45, 2.75) is 43.0 Å². The third-order valence-electron chi connectivity index (χ3n) is 5.09. The van der Waals surface area contributed by atoms with Gasteiger partial charge in [-0.1, -0.05) is 0 Å². The molecule has 0 bridgehead atoms. The number of carbonyl (C=O) groups is 1. The number of rotatable bonds is 3. The number of H-pyrrole nitrogens is 1. The molecule has 1 aromatic heterocycles. The van der Waals surface area contributed by atoms with Crippen molar-refractivity contribution in [3.05, 3.63) is 11.9 Å².